The Morgan fingerprint density at radius 3 is 2.53 bits per heavy atom. The number of imidazole rings is 1. The van der Waals surface area contributed by atoms with Gasteiger partial charge >= 0.3 is 6.18 Å². The average molecular weight is 520 g/mol. The van der Waals surface area contributed by atoms with E-state index in [-0.39, 0.29) is 8.50 Å². The third-order valence-electron chi connectivity index (χ3n) is 6.28. The smallest absolute Gasteiger partial charge is 0.354 e. The number of aromatic amines is 1. The summed E-state index contributed by atoms with van der Waals surface area (Å²) >= 11 is 1.29. The van der Waals surface area contributed by atoms with E-state index in [2.05, 4.69) is 35.3 Å². The second-order valence-corrected chi connectivity index (χ2v) is 10.1. The van der Waals surface area contributed by atoms with Crippen molar-refractivity contribution in [3.63, 3.8) is 0 Å². The molecule has 2 N–H and O–H groups in total. The van der Waals surface area contributed by atoms with Crippen LogP contribution in [0.1, 0.15) is 27.1 Å². The van der Waals surface area contributed by atoms with Crippen LogP contribution in [-0.2, 0) is 6.18 Å². The molecule has 0 spiro atoms. The summed E-state index contributed by atoms with van der Waals surface area (Å²) in [5, 5.41) is 10.9. The predicted octanol–water partition coefficient (Wildman–Crippen LogP) is 4.85. The molecule has 1 aliphatic carbocycles. The van der Waals surface area contributed by atoms with Gasteiger partial charge in [-0.3, -0.25) is 10.00 Å². The van der Waals surface area contributed by atoms with Gasteiger partial charge in [-0.2, -0.15) is 18.3 Å². The molecule has 0 bridgehead atoms. The van der Waals surface area contributed by atoms with Crippen LogP contribution in [0.4, 0.5) is 30.6 Å². The van der Waals surface area contributed by atoms with E-state index in [1.54, 1.807) is 18.3 Å². The van der Waals surface area contributed by atoms with E-state index in [0.717, 1.165) is 49.9 Å². The van der Waals surface area contributed by atoms with E-state index >= 15 is 0 Å². The number of piperazine rings is 1. The number of aromatic nitrogens is 6. The number of anilines is 3. The Bertz CT molecular complexity index is 1400. The molecular formula is C23H28F3N9S. The molecule has 5 heterocycles. The van der Waals surface area contributed by atoms with Crippen LogP contribution < -0.4 is 10.2 Å². The van der Waals surface area contributed by atoms with Crippen LogP contribution in [0.5, 0.6) is 0 Å². The Morgan fingerprint density at radius 2 is 1.83 bits per heavy atom. The van der Waals surface area contributed by atoms with Gasteiger partial charge in [0.2, 0.25) is 0 Å². The second kappa shape index (κ2) is 8.96. The number of fused-ring (bicyclic) bond motifs is 1. The van der Waals surface area contributed by atoms with Gasteiger partial charge in [-0.05, 0) is 43.7 Å². The van der Waals surface area contributed by atoms with Crippen molar-refractivity contribution in [1.82, 2.24) is 34.4 Å². The van der Waals surface area contributed by atoms with Gasteiger partial charge in [0.1, 0.15) is 17.3 Å². The molecule has 13 heteroatoms. The molecule has 0 unspecified atom stereocenters. The van der Waals surface area contributed by atoms with Crippen molar-refractivity contribution in [2.45, 2.75) is 42.0 Å². The van der Waals surface area contributed by atoms with E-state index in [1.807, 2.05) is 19.1 Å². The van der Waals surface area contributed by atoms with Gasteiger partial charge < -0.3 is 14.6 Å². The zero-order chi connectivity index (χ0) is 24.9. The SMILES string of the molecule is Cc1cc(Nc2cc(N3CCN(C4CC4)CC3)nc(Sc3ccc4nc(C(F)(F)F)cn4c3)n2)n[nH]1.[HH].[HH]. The lowest BCUT2D eigenvalue weighted by atomic mass is 10.3. The summed E-state index contributed by atoms with van der Waals surface area (Å²) < 4.78 is 40.6. The number of hydrogen-bond acceptors (Lipinski definition) is 8. The summed E-state index contributed by atoms with van der Waals surface area (Å²) in [6.45, 7) is 5.66. The molecule has 2 fully saturated rings. The maximum absolute atomic E-state index is 13.1. The van der Waals surface area contributed by atoms with Crippen LogP contribution in [-0.4, -0.2) is 66.7 Å². The van der Waals surface area contributed by atoms with Gasteiger partial charge in [0.25, 0.3) is 0 Å². The standard InChI is InChI=1S/C23H24F3N9S.2H2/c1-14-10-19(32-31-14)28-18-11-21(34-8-6-33(7-9-34)15-2-3-15)30-22(29-18)36-16-4-5-20-27-17(23(24,25)26)13-35(20)12-16;;/h4-5,10-13,15H,2-3,6-9H2,1H3,(H2,28,29,30,31,32);2*1H. The van der Waals surface area contributed by atoms with E-state index in [4.69, 9.17) is 4.98 Å². The third kappa shape index (κ3) is 4.98. The number of nitrogens with zero attached hydrogens (tertiary/aromatic N) is 7. The van der Waals surface area contributed by atoms with Gasteiger partial charge in [0, 0.05) is 70.2 Å². The lowest BCUT2D eigenvalue weighted by Gasteiger charge is -2.35. The van der Waals surface area contributed by atoms with Gasteiger partial charge in [-0.25, -0.2) is 15.0 Å². The molecule has 0 aromatic carbocycles. The van der Waals surface area contributed by atoms with Crippen LogP contribution >= 0.6 is 11.8 Å². The minimum atomic E-state index is -4.49. The van der Waals surface area contributed by atoms with Crippen molar-refractivity contribution in [1.29, 1.82) is 0 Å². The average Bonchev–Trinajstić information content (AvgIpc) is 3.47. The molecule has 0 amide bonds. The molecule has 9 nitrogen and oxygen atoms in total. The van der Waals surface area contributed by atoms with Gasteiger partial charge in [0.05, 0.1) is 0 Å². The van der Waals surface area contributed by atoms with Gasteiger partial charge in [0.15, 0.2) is 16.7 Å². The fourth-order valence-corrected chi connectivity index (χ4v) is 5.12. The number of alkyl halides is 3. The fourth-order valence-electron chi connectivity index (χ4n) is 4.33. The number of hydrogen-bond donors (Lipinski definition) is 2. The highest BCUT2D eigenvalue weighted by molar-refractivity contribution is 7.99. The molecule has 6 rings (SSSR count). The number of H-pyrrole nitrogens is 1. The number of halogens is 3. The normalized spacial score (nSPS) is 17.2. The van der Waals surface area contributed by atoms with Gasteiger partial charge in [-0.15, -0.1) is 0 Å². The van der Waals surface area contributed by atoms with Crippen molar-refractivity contribution in [3.8, 4) is 0 Å². The largest absolute Gasteiger partial charge is 0.434 e. The van der Waals surface area contributed by atoms with Gasteiger partial charge in [-0.1, -0.05) is 0 Å². The van der Waals surface area contributed by atoms with E-state index < -0.39 is 11.9 Å². The summed E-state index contributed by atoms with van der Waals surface area (Å²) in [5.74, 6) is 2.05. The Balaban J connectivity index is 0.00000168. The maximum Gasteiger partial charge on any atom is 0.434 e. The minimum Gasteiger partial charge on any atom is -0.354 e. The Labute approximate surface area is 212 Å². The van der Waals surface area contributed by atoms with Crippen LogP contribution in [0.15, 0.2) is 46.7 Å². The highest BCUT2D eigenvalue weighted by Gasteiger charge is 2.34. The lowest BCUT2D eigenvalue weighted by Crippen LogP contribution is -2.47. The Morgan fingerprint density at radius 1 is 1.03 bits per heavy atom. The summed E-state index contributed by atoms with van der Waals surface area (Å²) in [5.41, 5.74) is 0.226. The molecule has 0 radical (unpaired) electrons. The first-order chi connectivity index (χ1) is 17.3. The number of aryl methyl sites for hydroxylation is 1. The molecule has 1 saturated heterocycles. The van der Waals surface area contributed by atoms with Crippen molar-refractivity contribution in [3.05, 3.63) is 48.0 Å². The van der Waals surface area contributed by atoms with E-state index in [1.165, 1.54) is 29.0 Å². The summed E-state index contributed by atoms with van der Waals surface area (Å²) in [4.78, 5) is 18.6. The summed E-state index contributed by atoms with van der Waals surface area (Å²) in [7, 11) is 0. The zero-order valence-corrected chi connectivity index (χ0v) is 20.3. The summed E-state index contributed by atoms with van der Waals surface area (Å²) in [6, 6.07) is 7.81. The predicted molar refractivity (Wildman–Crippen MR) is 134 cm³/mol. The highest BCUT2D eigenvalue weighted by Crippen LogP contribution is 2.33. The minimum absolute atomic E-state index is 0. The molecule has 0 atom stereocenters. The Hall–Kier alpha value is -3.32. The first kappa shape index (κ1) is 23.1. The van der Waals surface area contributed by atoms with Crippen LogP contribution in [0.25, 0.3) is 5.65 Å². The highest BCUT2D eigenvalue weighted by atomic mass is 32.2. The second-order valence-electron chi connectivity index (χ2n) is 9.07. The Kier molecular flexibility index (Phi) is 5.75. The molecule has 192 valence electrons. The van der Waals surface area contributed by atoms with E-state index in [9.17, 15) is 13.2 Å². The molecule has 4 aromatic heterocycles. The fraction of sp³-hybridized carbons (Fsp3) is 0.391. The van der Waals surface area contributed by atoms with Crippen LogP contribution in [0.2, 0.25) is 0 Å². The van der Waals surface area contributed by atoms with Crippen LogP contribution in [0.3, 0.4) is 0 Å². The molecule has 1 saturated carbocycles. The number of pyridine rings is 1. The number of rotatable bonds is 6. The maximum atomic E-state index is 13.1. The molecule has 4 aromatic rings. The topological polar surface area (TPSA) is 90.3 Å². The lowest BCUT2D eigenvalue weighted by molar-refractivity contribution is -0.140. The molecular weight excluding hydrogens is 491 g/mol. The summed E-state index contributed by atoms with van der Waals surface area (Å²) in [6.07, 6.45) is 0.680. The van der Waals surface area contributed by atoms with Crippen molar-refractivity contribution >= 4 is 34.9 Å². The molecule has 2 aliphatic rings. The molecule has 1 aliphatic heterocycles. The number of nitrogens with one attached hydrogen (secondary N) is 2. The quantitative estimate of drug-likeness (QED) is 0.350. The monoisotopic (exact) mass is 519 g/mol. The van der Waals surface area contributed by atoms with Crippen molar-refractivity contribution in [2.75, 3.05) is 36.4 Å². The van der Waals surface area contributed by atoms with Crippen LogP contribution in [0, 0.1) is 6.92 Å². The molecule has 36 heavy (non-hydrogen) atoms. The van der Waals surface area contributed by atoms with E-state index in [0.29, 0.717) is 21.7 Å². The zero-order valence-electron chi connectivity index (χ0n) is 19.5. The van der Waals surface area contributed by atoms with Crippen molar-refractivity contribution < 1.29 is 16.0 Å². The van der Waals surface area contributed by atoms with Crippen molar-refractivity contribution in [2.24, 2.45) is 0 Å². The first-order valence-corrected chi connectivity index (χ1v) is 12.5. The first-order valence-electron chi connectivity index (χ1n) is 11.7. The third-order valence-corrected chi connectivity index (χ3v) is 7.12.